The molecule has 1 rings (SSSR count). The van der Waals surface area contributed by atoms with Crippen LogP contribution in [0, 0.1) is 0 Å². The van der Waals surface area contributed by atoms with Crippen LogP contribution in [0.15, 0.2) is 0 Å². The average molecular weight is 242 g/mol. The highest BCUT2D eigenvalue weighted by Crippen LogP contribution is 2.41. The van der Waals surface area contributed by atoms with Crippen LogP contribution in [-0.4, -0.2) is 31.4 Å². The van der Waals surface area contributed by atoms with Gasteiger partial charge in [-0.25, -0.2) is 0 Å². The van der Waals surface area contributed by atoms with Gasteiger partial charge in [0.25, 0.3) is 0 Å². The Balaban J connectivity index is 2.71. The Morgan fingerprint density at radius 1 is 1.24 bits per heavy atom. The van der Waals surface area contributed by atoms with Gasteiger partial charge in [-0.15, -0.1) is 0 Å². The fourth-order valence-corrected chi connectivity index (χ4v) is 1.81. The Hall–Kier alpha value is -0.545. The first-order valence-electron chi connectivity index (χ1n) is 6.16. The molecule has 0 saturated carbocycles. The monoisotopic (exact) mass is 242 g/mol. The van der Waals surface area contributed by atoms with Crippen LogP contribution in [0.25, 0.3) is 0 Å². The maximum absolute atomic E-state index is 11.3. The molecule has 0 aromatic rings. The Bertz CT molecular complexity index is 272. The summed E-state index contributed by atoms with van der Waals surface area (Å²) in [6.45, 7) is 10.1. The van der Waals surface area contributed by atoms with Crippen LogP contribution in [0.3, 0.4) is 0 Å². The van der Waals surface area contributed by atoms with Crippen molar-refractivity contribution in [2.75, 3.05) is 7.11 Å². The van der Waals surface area contributed by atoms with E-state index in [1.807, 2.05) is 34.6 Å². The lowest BCUT2D eigenvalue weighted by molar-refractivity contribution is -0.140. The molecule has 1 saturated heterocycles. The Morgan fingerprint density at radius 3 is 2.06 bits per heavy atom. The highest BCUT2D eigenvalue weighted by atomic mass is 16.7. The van der Waals surface area contributed by atoms with Gasteiger partial charge >= 0.3 is 13.1 Å². The minimum atomic E-state index is -0.346. The maximum atomic E-state index is 11.3. The van der Waals surface area contributed by atoms with Crippen molar-refractivity contribution in [3.05, 3.63) is 0 Å². The molecule has 0 bridgehead atoms. The molecule has 0 N–H and O–H groups in total. The number of hydrogen-bond acceptors (Lipinski definition) is 4. The first-order valence-corrected chi connectivity index (χ1v) is 6.16. The topological polar surface area (TPSA) is 44.8 Å². The van der Waals surface area contributed by atoms with Gasteiger partial charge in [0.2, 0.25) is 0 Å². The van der Waals surface area contributed by atoms with E-state index >= 15 is 0 Å². The van der Waals surface area contributed by atoms with E-state index in [0.29, 0.717) is 6.42 Å². The van der Waals surface area contributed by atoms with E-state index in [9.17, 15) is 4.79 Å². The summed E-state index contributed by atoms with van der Waals surface area (Å²) in [6.07, 6.45) is 1.16. The number of methoxy groups -OCH3 is 1. The van der Waals surface area contributed by atoms with Gasteiger partial charge in [0.1, 0.15) is 0 Å². The zero-order valence-electron chi connectivity index (χ0n) is 11.7. The molecular weight excluding hydrogens is 219 g/mol. The summed E-state index contributed by atoms with van der Waals surface area (Å²) in [7, 11) is 1.07. The molecule has 1 heterocycles. The van der Waals surface area contributed by atoms with Crippen molar-refractivity contribution >= 4 is 13.1 Å². The molecule has 0 aromatic heterocycles. The normalized spacial score (nSPS) is 23.5. The number of ether oxygens (including phenoxy) is 1. The fourth-order valence-electron chi connectivity index (χ4n) is 1.81. The van der Waals surface area contributed by atoms with E-state index in [1.54, 1.807) is 0 Å². The largest absolute Gasteiger partial charge is 0.469 e. The molecular formula is C12H23BO4. The second kappa shape index (κ2) is 4.98. The minimum Gasteiger partial charge on any atom is -0.469 e. The van der Waals surface area contributed by atoms with Gasteiger partial charge < -0.3 is 14.0 Å². The molecule has 0 unspecified atom stereocenters. The summed E-state index contributed by atoms with van der Waals surface area (Å²) in [5.41, 5.74) is -0.692. The van der Waals surface area contributed by atoms with Crippen molar-refractivity contribution < 1.29 is 18.8 Å². The fraction of sp³-hybridized carbons (Fsp3) is 0.917. The first-order chi connectivity index (χ1) is 7.73. The Kier molecular flexibility index (Phi) is 4.26. The molecule has 0 aromatic carbocycles. The summed E-state index contributed by atoms with van der Waals surface area (Å²) >= 11 is 0. The van der Waals surface area contributed by atoms with Gasteiger partial charge in [-0.2, -0.15) is 0 Å². The Morgan fingerprint density at radius 2 is 1.71 bits per heavy atom. The molecule has 1 atom stereocenters. The van der Waals surface area contributed by atoms with Gasteiger partial charge in [-0.1, -0.05) is 13.3 Å². The molecule has 1 fully saturated rings. The summed E-state index contributed by atoms with van der Waals surface area (Å²) in [6, 6.07) is 0. The maximum Gasteiger partial charge on any atom is 0.461 e. The average Bonchev–Trinajstić information content (AvgIpc) is 2.44. The van der Waals surface area contributed by atoms with Gasteiger partial charge in [-0.3, -0.25) is 4.79 Å². The van der Waals surface area contributed by atoms with Crippen LogP contribution in [0.5, 0.6) is 0 Å². The molecule has 4 nitrogen and oxygen atoms in total. The van der Waals surface area contributed by atoms with Crippen molar-refractivity contribution in [1.29, 1.82) is 0 Å². The van der Waals surface area contributed by atoms with Crippen molar-refractivity contribution in [2.45, 2.75) is 64.5 Å². The molecule has 98 valence electrons. The summed E-state index contributed by atoms with van der Waals surface area (Å²) in [5.74, 6) is -0.171. The number of hydrogen-bond donors (Lipinski definition) is 0. The van der Waals surface area contributed by atoms with Gasteiger partial charge in [0.05, 0.1) is 18.3 Å². The number of carbonyl (C=O) groups is 1. The third kappa shape index (κ3) is 3.02. The molecule has 5 heteroatoms. The van der Waals surface area contributed by atoms with Gasteiger partial charge in [0.15, 0.2) is 0 Å². The van der Waals surface area contributed by atoms with E-state index in [2.05, 4.69) is 0 Å². The van der Waals surface area contributed by atoms with Crippen molar-refractivity contribution in [3.63, 3.8) is 0 Å². The molecule has 0 aliphatic carbocycles. The van der Waals surface area contributed by atoms with E-state index in [1.165, 1.54) is 7.11 Å². The lowest BCUT2D eigenvalue weighted by atomic mass is 9.68. The third-order valence-corrected chi connectivity index (χ3v) is 3.84. The highest BCUT2D eigenvalue weighted by molar-refractivity contribution is 6.47. The van der Waals surface area contributed by atoms with Crippen LogP contribution < -0.4 is 0 Å². The van der Waals surface area contributed by atoms with Crippen LogP contribution in [0.2, 0.25) is 5.82 Å². The lowest BCUT2D eigenvalue weighted by Crippen LogP contribution is -2.41. The highest BCUT2D eigenvalue weighted by Gasteiger charge is 2.53. The molecule has 1 aliphatic heterocycles. The predicted octanol–water partition coefficient (Wildman–Crippen LogP) is 2.42. The zero-order chi connectivity index (χ0) is 13.3. The summed E-state index contributed by atoms with van der Waals surface area (Å²) in [5, 5.41) is 0. The smallest absolute Gasteiger partial charge is 0.461 e. The van der Waals surface area contributed by atoms with E-state index in [4.69, 9.17) is 14.0 Å². The minimum absolute atomic E-state index is 0.0449. The lowest BCUT2D eigenvalue weighted by Gasteiger charge is -2.32. The van der Waals surface area contributed by atoms with Crippen LogP contribution in [-0.2, 0) is 18.8 Å². The van der Waals surface area contributed by atoms with Crippen molar-refractivity contribution in [3.8, 4) is 0 Å². The quantitative estimate of drug-likeness (QED) is 0.561. The number of carbonyl (C=O) groups excluding carboxylic acids is 1. The zero-order valence-corrected chi connectivity index (χ0v) is 11.7. The van der Waals surface area contributed by atoms with Gasteiger partial charge in [0, 0.05) is 12.2 Å². The molecule has 0 radical (unpaired) electrons. The molecule has 0 amide bonds. The molecule has 0 spiro atoms. The second-order valence-corrected chi connectivity index (χ2v) is 5.57. The third-order valence-electron chi connectivity index (χ3n) is 3.84. The molecule has 1 aliphatic rings. The van der Waals surface area contributed by atoms with Crippen LogP contribution >= 0.6 is 0 Å². The molecule has 17 heavy (non-hydrogen) atoms. The first kappa shape index (κ1) is 14.5. The number of esters is 1. The standard InChI is InChI=1S/C12H23BO4/c1-7-9(8-10(14)15-6)13-16-11(2,3)12(4,5)17-13/h9H,7-8H2,1-6H3/t9-/m1/s1. The summed E-state index contributed by atoms with van der Waals surface area (Å²) < 4.78 is 16.6. The van der Waals surface area contributed by atoms with Crippen LogP contribution in [0.1, 0.15) is 47.5 Å². The SMILES string of the molecule is CC[C@H](CC(=O)OC)B1OC(C)(C)C(C)(C)O1. The summed E-state index contributed by atoms with van der Waals surface area (Å²) in [4.78, 5) is 11.3. The second-order valence-electron chi connectivity index (χ2n) is 5.57. The van der Waals surface area contributed by atoms with Crippen molar-refractivity contribution in [2.24, 2.45) is 0 Å². The van der Waals surface area contributed by atoms with E-state index in [-0.39, 0.29) is 30.1 Å². The van der Waals surface area contributed by atoms with Crippen LogP contribution in [0.4, 0.5) is 0 Å². The van der Waals surface area contributed by atoms with Crippen molar-refractivity contribution in [1.82, 2.24) is 0 Å². The number of rotatable bonds is 4. The Labute approximate surface area is 104 Å². The van der Waals surface area contributed by atoms with E-state index < -0.39 is 0 Å². The van der Waals surface area contributed by atoms with E-state index in [0.717, 1.165) is 6.42 Å². The van der Waals surface area contributed by atoms with Gasteiger partial charge in [-0.05, 0) is 27.7 Å². The predicted molar refractivity (Wildman–Crippen MR) is 66.8 cm³/mol.